The number of nitriles is 1. The first kappa shape index (κ1) is 44.1. The number of aromatic nitrogens is 4. The second kappa shape index (κ2) is 17.7. The molecule has 1 N–H and O–H groups in total. The molecular formula is C41H51N5O11S4. The van der Waals surface area contributed by atoms with Gasteiger partial charge in [0, 0.05) is 34.7 Å². The zero-order chi connectivity index (χ0) is 42.6. The largest absolute Gasteiger partial charge is 0.359 e. The summed E-state index contributed by atoms with van der Waals surface area (Å²) in [7, 11) is 0. The second-order valence-corrected chi connectivity index (χ2v) is 19.9. The molecule has 0 radical (unpaired) electrons. The molecule has 0 amide bonds. The van der Waals surface area contributed by atoms with Gasteiger partial charge >= 0.3 is 0 Å². The molecule has 0 aliphatic carbocycles. The average Bonchev–Trinajstić information content (AvgIpc) is 4.12. The molecule has 330 valence electrons. The van der Waals surface area contributed by atoms with Gasteiger partial charge in [0.25, 0.3) is 0 Å². The smallest absolute Gasteiger partial charge is 0.234 e. The van der Waals surface area contributed by atoms with Gasteiger partial charge in [-0.05, 0) is 78.7 Å². The van der Waals surface area contributed by atoms with Crippen LogP contribution in [0.5, 0.6) is 0 Å². The van der Waals surface area contributed by atoms with Crippen LogP contribution in [0, 0.1) is 11.3 Å². The highest BCUT2D eigenvalue weighted by atomic mass is 32.2. The van der Waals surface area contributed by atoms with Crippen LogP contribution >= 0.6 is 46.2 Å². The molecule has 20 heteroatoms. The molecule has 4 aromatic rings. The minimum atomic E-state index is -1.68. The van der Waals surface area contributed by atoms with Crippen LogP contribution in [0.1, 0.15) is 76.0 Å². The van der Waals surface area contributed by atoms with Crippen molar-refractivity contribution in [1.82, 2.24) is 19.9 Å². The highest BCUT2D eigenvalue weighted by Gasteiger charge is 2.66. The van der Waals surface area contributed by atoms with Crippen molar-refractivity contribution < 1.29 is 52.5 Å². The molecule has 6 saturated heterocycles. The first-order valence-corrected chi connectivity index (χ1v) is 24.8. The summed E-state index contributed by atoms with van der Waals surface area (Å²) in [6, 6.07) is 2.42. The van der Waals surface area contributed by atoms with Crippen LogP contribution in [0.3, 0.4) is 0 Å². The molecule has 16 nitrogen and oxygen atoms in total. The highest BCUT2D eigenvalue weighted by molar-refractivity contribution is 7.99. The lowest BCUT2D eigenvalue weighted by molar-refractivity contribution is -0.288. The Hall–Kier alpha value is -2.17. The van der Waals surface area contributed by atoms with Crippen LogP contribution in [-0.2, 0) is 58.8 Å². The third kappa shape index (κ3) is 8.36. The van der Waals surface area contributed by atoms with E-state index in [0.717, 1.165) is 69.7 Å². The van der Waals surface area contributed by atoms with Crippen molar-refractivity contribution in [2.45, 2.75) is 148 Å². The van der Waals surface area contributed by atoms with Gasteiger partial charge in [0.1, 0.15) is 65.4 Å². The Kier molecular flexibility index (Phi) is 12.8. The van der Waals surface area contributed by atoms with Gasteiger partial charge in [-0.1, -0.05) is 0 Å². The maximum absolute atomic E-state index is 11.8. The van der Waals surface area contributed by atoms with Gasteiger partial charge < -0.3 is 52.5 Å². The third-order valence-electron chi connectivity index (χ3n) is 11.5. The summed E-state index contributed by atoms with van der Waals surface area (Å²) < 4.78 is 60.6. The Balaban J connectivity index is 0.000000156. The van der Waals surface area contributed by atoms with Gasteiger partial charge in [-0.25, -0.2) is 19.9 Å². The lowest BCUT2D eigenvalue weighted by Crippen LogP contribution is -2.40. The molecule has 0 spiro atoms. The average molecular weight is 918 g/mol. The SMILES string of the molecule is CSc1ncnc2c(C3(O)O[C@H](COC4CCCCO4)[C@H]4OC(C)(C)O[C@H]43)scc12.CSc1ncnc2c([C@]3(C#N)O[C@H](COC4CCCCO4)[C@H]4OC(C)(C)O[C@H]43)scc12. The molecule has 10 rings (SSSR count). The Morgan fingerprint density at radius 1 is 0.705 bits per heavy atom. The normalized spacial score (nSPS) is 35.2. The summed E-state index contributed by atoms with van der Waals surface area (Å²) in [5.74, 6) is -3.34. The van der Waals surface area contributed by atoms with Gasteiger partial charge in [-0.15, -0.1) is 46.2 Å². The number of ether oxygens (including phenoxy) is 10. The van der Waals surface area contributed by atoms with Crippen molar-refractivity contribution in [3.63, 3.8) is 0 Å². The Morgan fingerprint density at radius 3 is 1.74 bits per heavy atom. The molecule has 0 saturated carbocycles. The van der Waals surface area contributed by atoms with Crippen molar-refractivity contribution in [3.8, 4) is 6.07 Å². The summed E-state index contributed by atoms with van der Waals surface area (Å²) in [6.45, 7) is 9.33. The molecule has 0 aromatic carbocycles. The van der Waals surface area contributed by atoms with Crippen LogP contribution in [0.15, 0.2) is 33.5 Å². The lowest BCUT2D eigenvalue weighted by atomic mass is 9.93. The van der Waals surface area contributed by atoms with E-state index in [2.05, 4.69) is 26.0 Å². The van der Waals surface area contributed by atoms with Crippen LogP contribution in [0.2, 0.25) is 0 Å². The minimum Gasteiger partial charge on any atom is -0.359 e. The summed E-state index contributed by atoms with van der Waals surface area (Å²) >= 11 is 5.93. The molecule has 0 bridgehead atoms. The van der Waals surface area contributed by atoms with E-state index < -0.39 is 59.6 Å². The molecular weight excluding hydrogens is 867 g/mol. The molecule has 6 aliphatic rings. The number of fused-ring (bicyclic) bond motifs is 4. The number of thiophene rings is 2. The van der Waals surface area contributed by atoms with E-state index in [4.69, 9.17) is 47.4 Å². The number of hydrogen-bond acceptors (Lipinski definition) is 20. The van der Waals surface area contributed by atoms with E-state index in [-0.39, 0.29) is 25.8 Å². The predicted octanol–water partition coefficient (Wildman–Crippen LogP) is 6.61. The zero-order valence-electron chi connectivity index (χ0n) is 34.9. The number of rotatable bonds is 10. The number of hydrogen-bond donors (Lipinski definition) is 1. The lowest BCUT2D eigenvalue weighted by Gasteiger charge is -2.30. The van der Waals surface area contributed by atoms with Crippen molar-refractivity contribution in [3.05, 3.63) is 33.2 Å². The van der Waals surface area contributed by atoms with Gasteiger partial charge in [0.2, 0.25) is 11.4 Å². The fourth-order valence-electron chi connectivity index (χ4n) is 8.85. The molecule has 6 fully saturated rings. The first-order chi connectivity index (χ1) is 29.4. The minimum absolute atomic E-state index is 0.246. The fraction of sp³-hybridized carbons (Fsp3) is 0.683. The molecule has 4 aromatic heterocycles. The Bertz CT molecular complexity index is 2230. The molecule has 3 unspecified atom stereocenters. The zero-order valence-corrected chi connectivity index (χ0v) is 38.2. The third-order valence-corrected chi connectivity index (χ3v) is 15.1. The Labute approximate surface area is 370 Å². The van der Waals surface area contributed by atoms with Crippen LogP contribution in [-0.4, -0.2) is 125 Å². The van der Waals surface area contributed by atoms with Gasteiger partial charge in [-0.3, -0.25) is 0 Å². The summed E-state index contributed by atoms with van der Waals surface area (Å²) in [6.07, 6.45) is 9.33. The monoisotopic (exact) mass is 917 g/mol. The number of nitrogens with zero attached hydrogens (tertiary/aromatic N) is 5. The molecule has 10 atom stereocenters. The molecule has 61 heavy (non-hydrogen) atoms. The standard InChI is InChI=1S/C21H25N3O5S2.C20H26N2O6S2/c1-20(2)28-16-13(8-26-14-6-4-5-7-25-14)27-21(10-22,17(16)29-20)18-15-12(9-31-18)19(30-3)24-11-23-15;1-19(2)27-15-12(8-25-13-6-4-5-7-24-13)26-20(23,16(15)28-19)17-14-11(9-30-17)18(29-3)22-10-21-14/h9,11,13-14,16-17H,4-8H2,1-3H3;9-10,12-13,15-16,23H,4-8H2,1-3H3/t13-,14?,16-,17-,21-;12-,13?,15-,16-,20?/m11/s1. The number of aliphatic hydroxyl groups is 1. The van der Waals surface area contributed by atoms with E-state index in [1.54, 1.807) is 23.5 Å². The highest BCUT2D eigenvalue weighted by Crippen LogP contribution is 2.53. The van der Waals surface area contributed by atoms with Crippen molar-refractivity contribution >= 4 is 68.0 Å². The van der Waals surface area contributed by atoms with Crippen LogP contribution in [0.25, 0.3) is 21.8 Å². The van der Waals surface area contributed by atoms with Gasteiger partial charge in [0.05, 0.1) is 34.0 Å². The van der Waals surface area contributed by atoms with E-state index in [9.17, 15) is 10.4 Å². The maximum Gasteiger partial charge on any atom is 0.234 e. The second-order valence-electron chi connectivity index (χ2n) is 16.6. The van der Waals surface area contributed by atoms with Crippen molar-refractivity contribution in [1.29, 1.82) is 5.26 Å². The Morgan fingerprint density at radius 2 is 1.21 bits per heavy atom. The van der Waals surface area contributed by atoms with Gasteiger partial charge in [-0.2, -0.15) is 5.26 Å². The molecule has 10 heterocycles. The summed E-state index contributed by atoms with van der Waals surface area (Å²) in [5, 5.41) is 29.6. The quantitative estimate of drug-likeness (QED) is 0.132. The van der Waals surface area contributed by atoms with E-state index in [1.807, 2.05) is 51.0 Å². The van der Waals surface area contributed by atoms with Gasteiger partial charge in [0.15, 0.2) is 24.2 Å². The van der Waals surface area contributed by atoms with E-state index in [1.165, 1.54) is 35.3 Å². The van der Waals surface area contributed by atoms with E-state index in [0.29, 0.717) is 23.6 Å². The predicted molar refractivity (Wildman–Crippen MR) is 226 cm³/mol. The van der Waals surface area contributed by atoms with Crippen LogP contribution < -0.4 is 0 Å². The summed E-state index contributed by atoms with van der Waals surface area (Å²) in [5.41, 5.74) is 0.0531. The topological polar surface area (TPSA) is 188 Å². The number of thioether (sulfide) groups is 2. The van der Waals surface area contributed by atoms with Crippen molar-refractivity contribution in [2.24, 2.45) is 0 Å². The fourth-order valence-corrected chi connectivity index (χ4v) is 12.2. The van der Waals surface area contributed by atoms with Crippen LogP contribution in [0.4, 0.5) is 0 Å². The summed E-state index contributed by atoms with van der Waals surface area (Å²) in [4.78, 5) is 18.9. The molecule has 6 aliphatic heterocycles. The first-order valence-electron chi connectivity index (χ1n) is 20.6. The maximum atomic E-state index is 11.8. The van der Waals surface area contributed by atoms with Crippen molar-refractivity contribution in [2.75, 3.05) is 38.9 Å². The van der Waals surface area contributed by atoms with E-state index >= 15 is 0 Å².